The van der Waals surface area contributed by atoms with Crippen LogP contribution in [-0.2, 0) is 6.42 Å². The number of hydrogen-bond donors (Lipinski definition) is 1. The standard InChI is InChI=1S/C14H19ClFN/c1-10-4-6-14(17,7-5-10)9-11-8-12(16)2-3-13(11)15/h2-3,8,10H,4-7,9,17H2,1H3. The van der Waals surface area contributed by atoms with E-state index in [1.54, 1.807) is 6.07 Å². The molecule has 1 fully saturated rings. The summed E-state index contributed by atoms with van der Waals surface area (Å²) in [6, 6.07) is 4.51. The lowest BCUT2D eigenvalue weighted by atomic mass is 9.75. The van der Waals surface area contributed by atoms with Crippen molar-refractivity contribution in [2.24, 2.45) is 11.7 Å². The quantitative estimate of drug-likeness (QED) is 0.851. The Labute approximate surface area is 107 Å². The maximum absolute atomic E-state index is 13.2. The molecule has 1 aromatic carbocycles. The Hall–Kier alpha value is -0.600. The maximum atomic E-state index is 13.2. The molecule has 0 aromatic heterocycles. The van der Waals surface area contributed by atoms with E-state index in [-0.39, 0.29) is 11.4 Å². The van der Waals surface area contributed by atoms with Crippen LogP contribution in [0.25, 0.3) is 0 Å². The highest BCUT2D eigenvalue weighted by Crippen LogP contribution is 2.34. The Bertz CT molecular complexity index is 397. The molecule has 2 N–H and O–H groups in total. The van der Waals surface area contributed by atoms with E-state index in [4.69, 9.17) is 17.3 Å². The second-order valence-electron chi connectivity index (χ2n) is 5.46. The number of halogens is 2. The molecule has 0 spiro atoms. The van der Waals surface area contributed by atoms with Gasteiger partial charge in [0.2, 0.25) is 0 Å². The zero-order chi connectivity index (χ0) is 12.5. The molecule has 0 bridgehead atoms. The highest BCUT2D eigenvalue weighted by Gasteiger charge is 2.30. The molecule has 1 aliphatic rings. The summed E-state index contributed by atoms with van der Waals surface area (Å²) in [7, 11) is 0. The van der Waals surface area contributed by atoms with Gasteiger partial charge >= 0.3 is 0 Å². The van der Waals surface area contributed by atoms with Crippen LogP contribution in [0, 0.1) is 11.7 Å². The Morgan fingerprint density at radius 2 is 2.06 bits per heavy atom. The predicted molar refractivity (Wildman–Crippen MR) is 69.7 cm³/mol. The van der Waals surface area contributed by atoms with E-state index in [9.17, 15) is 4.39 Å². The van der Waals surface area contributed by atoms with E-state index in [2.05, 4.69) is 6.92 Å². The summed E-state index contributed by atoms with van der Waals surface area (Å²) in [6.45, 7) is 2.26. The third-order valence-corrected chi connectivity index (χ3v) is 4.19. The van der Waals surface area contributed by atoms with Crippen LogP contribution in [0.4, 0.5) is 4.39 Å². The van der Waals surface area contributed by atoms with Crippen LogP contribution in [-0.4, -0.2) is 5.54 Å². The molecule has 0 heterocycles. The minimum Gasteiger partial charge on any atom is -0.325 e. The Kier molecular flexibility index (Phi) is 3.74. The molecule has 94 valence electrons. The number of rotatable bonds is 2. The molecule has 0 unspecified atom stereocenters. The Morgan fingerprint density at radius 1 is 1.41 bits per heavy atom. The van der Waals surface area contributed by atoms with Gasteiger partial charge in [-0.3, -0.25) is 0 Å². The van der Waals surface area contributed by atoms with Crippen LogP contribution in [0.15, 0.2) is 18.2 Å². The van der Waals surface area contributed by atoms with Gasteiger partial charge in [0.1, 0.15) is 5.82 Å². The zero-order valence-electron chi connectivity index (χ0n) is 10.2. The smallest absolute Gasteiger partial charge is 0.123 e. The van der Waals surface area contributed by atoms with E-state index in [1.165, 1.54) is 12.1 Å². The van der Waals surface area contributed by atoms with E-state index in [0.717, 1.165) is 37.2 Å². The third-order valence-electron chi connectivity index (χ3n) is 3.82. The van der Waals surface area contributed by atoms with Crippen molar-refractivity contribution in [3.8, 4) is 0 Å². The molecule has 0 radical (unpaired) electrons. The largest absolute Gasteiger partial charge is 0.325 e. The maximum Gasteiger partial charge on any atom is 0.123 e. The van der Waals surface area contributed by atoms with Gasteiger partial charge in [-0.1, -0.05) is 18.5 Å². The summed E-state index contributed by atoms with van der Waals surface area (Å²) in [5.41, 5.74) is 7.02. The van der Waals surface area contributed by atoms with Gasteiger partial charge in [-0.25, -0.2) is 4.39 Å². The van der Waals surface area contributed by atoms with Crippen LogP contribution in [0.2, 0.25) is 5.02 Å². The van der Waals surface area contributed by atoms with Crippen LogP contribution in [0.5, 0.6) is 0 Å². The first-order valence-electron chi connectivity index (χ1n) is 6.21. The third kappa shape index (κ3) is 3.20. The molecule has 0 atom stereocenters. The predicted octanol–water partition coefficient (Wildman–Crippen LogP) is 3.93. The Balaban J connectivity index is 2.12. The summed E-state index contributed by atoms with van der Waals surface area (Å²) in [5, 5.41) is 0.620. The fourth-order valence-electron chi connectivity index (χ4n) is 2.57. The van der Waals surface area contributed by atoms with Crippen LogP contribution in [0.3, 0.4) is 0 Å². The summed E-state index contributed by atoms with van der Waals surface area (Å²) in [5.74, 6) is 0.520. The normalized spacial score (nSPS) is 29.3. The molecule has 0 saturated heterocycles. The lowest BCUT2D eigenvalue weighted by molar-refractivity contribution is 0.243. The van der Waals surface area contributed by atoms with Gasteiger partial charge in [0, 0.05) is 10.6 Å². The monoisotopic (exact) mass is 255 g/mol. The average molecular weight is 256 g/mol. The van der Waals surface area contributed by atoms with Gasteiger partial charge < -0.3 is 5.73 Å². The second kappa shape index (κ2) is 4.95. The number of hydrogen-bond acceptors (Lipinski definition) is 1. The lowest BCUT2D eigenvalue weighted by Gasteiger charge is -2.36. The molecule has 1 nitrogen and oxygen atoms in total. The Morgan fingerprint density at radius 3 is 2.71 bits per heavy atom. The molecule has 1 aliphatic carbocycles. The summed E-state index contributed by atoms with van der Waals surface area (Å²) >= 11 is 6.08. The molecule has 1 aromatic rings. The van der Waals surface area contributed by atoms with Crippen LogP contribution in [0.1, 0.15) is 38.2 Å². The fraction of sp³-hybridized carbons (Fsp3) is 0.571. The van der Waals surface area contributed by atoms with Gasteiger partial charge in [-0.2, -0.15) is 0 Å². The van der Waals surface area contributed by atoms with Crippen molar-refractivity contribution in [2.45, 2.75) is 44.6 Å². The van der Waals surface area contributed by atoms with Gasteiger partial charge in [0.25, 0.3) is 0 Å². The minimum atomic E-state index is -0.239. The SMILES string of the molecule is CC1CCC(N)(Cc2cc(F)ccc2Cl)CC1. The van der Waals surface area contributed by atoms with Crippen LogP contribution >= 0.6 is 11.6 Å². The van der Waals surface area contributed by atoms with Gasteiger partial charge in [0.05, 0.1) is 0 Å². The minimum absolute atomic E-state index is 0.204. The van der Waals surface area contributed by atoms with Crippen molar-refractivity contribution in [3.05, 3.63) is 34.6 Å². The second-order valence-corrected chi connectivity index (χ2v) is 5.86. The van der Waals surface area contributed by atoms with Crippen molar-refractivity contribution in [2.75, 3.05) is 0 Å². The summed E-state index contributed by atoms with van der Waals surface area (Å²) < 4.78 is 13.2. The van der Waals surface area contributed by atoms with Crippen molar-refractivity contribution in [1.82, 2.24) is 0 Å². The zero-order valence-corrected chi connectivity index (χ0v) is 10.9. The first-order valence-corrected chi connectivity index (χ1v) is 6.59. The molecule has 3 heteroatoms. The molecular weight excluding hydrogens is 237 g/mol. The van der Waals surface area contributed by atoms with Crippen molar-refractivity contribution >= 4 is 11.6 Å². The molecular formula is C14H19ClFN. The van der Waals surface area contributed by atoms with E-state index in [1.807, 2.05) is 0 Å². The molecule has 0 amide bonds. The average Bonchev–Trinajstić information content (AvgIpc) is 2.28. The first kappa shape index (κ1) is 12.8. The molecule has 17 heavy (non-hydrogen) atoms. The van der Waals surface area contributed by atoms with E-state index >= 15 is 0 Å². The van der Waals surface area contributed by atoms with E-state index < -0.39 is 0 Å². The van der Waals surface area contributed by atoms with Crippen molar-refractivity contribution in [1.29, 1.82) is 0 Å². The molecule has 1 saturated carbocycles. The first-order chi connectivity index (χ1) is 7.98. The van der Waals surface area contributed by atoms with E-state index in [0.29, 0.717) is 11.4 Å². The highest BCUT2D eigenvalue weighted by atomic mass is 35.5. The molecule has 2 rings (SSSR count). The molecule has 0 aliphatic heterocycles. The number of benzene rings is 1. The summed E-state index contributed by atoms with van der Waals surface area (Å²) in [6.07, 6.45) is 4.99. The summed E-state index contributed by atoms with van der Waals surface area (Å²) in [4.78, 5) is 0. The van der Waals surface area contributed by atoms with Crippen molar-refractivity contribution < 1.29 is 4.39 Å². The van der Waals surface area contributed by atoms with Gasteiger partial charge in [-0.05, 0) is 61.8 Å². The number of nitrogens with two attached hydrogens (primary N) is 1. The van der Waals surface area contributed by atoms with Gasteiger partial charge in [-0.15, -0.1) is 0 Å². The fourth-order valence-corrected chi connectivity index (χ4v) is 2.76. The topological polar surface area (TPSA) is 26.0 Å². The highest BCUT2D eigenvalue weighted by molar-refractivity contribution is 6.31. The lowest BCUT2D eigenvalue weighted by Crippen LogP contribution is -2.45. The van der Waals surface area contributed by atoms with Gasteiger partial charge in [0.15, 0.2) is 0 Å². The van der Waals surface area contributed by atoms with Crippen molar-refractivity contribution in [3.63, 3.8) is 0 Å². The van der Waals surface area contributed by atoms with Crippen LogP contribution < -0.4 is 5.73 Å².